The normalized spacial score (nSPS) is 11.0. The van der Waals surface area contributed by atoms with Gasteiger partial charge in [0.25, 0.3) is 5.56 Å². The number of thioether (sulfide) groups is 2. The Kier molecular flexibility index (Phi) is 5.22. The molecule has 124 valence electrons. The summed E-state index contributed by atoms with van der Waals surface area (Å²) in [5.74, 6) is 0.332. The van der Waals surface area contributed by atoms with Crippen molar-refractivity contribution in [2.45, 2.75) is 21.9 Å². The second-order valence-electron chi connectivity index (χ2n) is 4.67. The first-order chi connectivity index (χ1) is 11.6. The van der Waals surface area contributed by atoms with E-state index in [2.05, 4.69) is 10.1 Å². The summed E-state index contributed by atoms with van der Waals surface area (Å²) in [5.41, 5.74) is 0.642. The van der Waals surface area contributed by atoms with Gasteiger partial charge in [0.15, 0.2) is 4.34 Å². The lowest BCUT2D eigenvalue weighted by Crippen LogP contribution is -2.15. The molecule has 6 nitrogen and oxygen atoms in total. The maximum Gasteiger partial charge on any atom is 0.336 e. The van der Waals surface area contributed by atoms with Crippen LogP contribution in [0.25, 0.3) is 4.96 Å². The number of benzene rings is 1. The number of rotatable bonds is 6. The van der Waals surface area contributed by atoms with Crippen LogP contribution in [0.1, 0.15) is 23.0 Å². The number of aromatic nitrogens is 3. The highest BCUT2D eigenvalue weighted by Crippen LogP contribution is 2.27. The average Bonchev–Trinajstić information content (AvgIpc) is 2.96. The topological polar surface area (TPSA) is 84.6 Å². The summed E-state index contributed by atoms with van der Waals surface area (Å²) in [6.07, 6.45) is 0. The van der Waals surface area contributed by atoms with Crippen LogP contribution in [0, 0.1) is 0 Å². The summed E-state index contributed by atoms with van der Waals surface area (Å²) >= 11 is 4.30. The van der Waals surface area contributed by atoms with Gasteiger partial charge >= 0.3 is 5.97 Å². The van der Waals surface area contributed by atoms with Crippen LogP contribution in [0.15, 0.2) is 44.4 Å². The zero-order valence-corrected chi connectivity index (χ0v) is 15.1. The standard InChI is InChI=1S/C15H13N3O3S3/c1-2-22-15-17-18-12(19)7-9(16-14(18)24-15)8-23-11-6-4-3-5-10(11)13(20)21/h3-7H,2,8H2,1H3,(H,20,21). The van der Waals surface area contributed by atoms with Crippen LogP contribution < -0.4 is 5.56 Å². The van der Waals surface area contributed by atoms with Crippen molar-refractivity contribution in [3.05, 3.63) is 51.9 Å². The minimum atomic E-state index is -0.967. The fraction of sp³-hybridized carbons (Fsp3) is 0.200. The zero-order valence-electron chi connectivity index (χ0n) is 12.6. The Morgan fingerprint density at radius 1 is 1.33 bits per heavy atom. The fourth-order valence-electron chi connectivity index (χ4n) is 2.02. The maximum atomic E-state index is 12.2. The molecule has 2 heterocycles. The molecule has 9 heteroatoms. The summed E-state index contributed by atoms with van der Waals surface area (Å²) in [5, 5.41) is 13.4. The number of carbonyl (C=O) groups is 1. The van der Waals surface area contributed by atoms with Crippen molar-refractivity contribution >= 4 is 45.8 Å². The molecule has 1 aromatic carbocycles. The predicted octanol–water partition coefficient (Wildman–Crippen LogP) is 3.25. The summed E-state index contributed by atoms with van der Waals surface area (Å²) in [4.78, 5) is 29.1. The lowest BCUT2D eigenvalue weighted by Gasteiger charge is -2.05. The summed E-state index contributed by atoms with van der Waals surface area (Å²) < 4.78 is 2.12. The summed E-state index contributed by atoms with van der Waals surface area (Å²) in [6, 6.07) is 8.24. The van der Waals surface area contributed by atoms with Crippen molar-refractivity contribution in [2.24, 2.45) is 0 Å². The van der Waals surface area contributed by atoms with E-state index in [0.717, 1.165) is 10.1 Å². The van der Waals surface area contributed by atoms with Crippen LogP contribution in [0.3, 0.4) is 0 Å². The smallest absolute Gasteiger partial charge is 0.336 e. The van der Waals surface area contributed by atoms with Gasteiger partial charge in [-0.3, -0.25) is 4.79 Å². The quantitative estimate of drug-likeness (QED) is 0.658. The highest BCUT2D eigenvalue weighted by molar-refractivity contribution is 8.01. The van der Waals surface area contributed by atoms with E-state index in [1.165, 1.54) is 33.7 Å². The number of carboxylic acid groups (broad SMARTS) is 1. The van der Waals surface area contributed by atoms with Gasteiger partial charge < -0.3 is 5.11 Å². The molecule has 0 unspecified atom stereocenters. The first-order valence-corrected chi connectivity index (χ1v) is 9.85. The lowest BCUT2D eigenvalue weighted by molar-refractivity contribution is 0.0693. The Morgan fingerprint density at radius 2 is 2.12 bits per heavy atom. The van der Waals surface area contributed by atoms with Crippen LogP contribution in [-0.2, 0) is 5.75 Å². The van der Waals surface area contributed by atoms with Gasteiger partial charge in [0.05, 0.1) is 11.3 Å². The first-order valence-electron chi connectivity index (χ1n) is 7.06. The second-order valence-corrected chi connectivity index (χ2v) is 8.16. The van der Waals surface area contributed by atoms with E-state index in [9.17, 15) is 14.7 Å². The SMILES string of the molecule is CCSc1nn2c(=O)cc(CSc3ccccc3C(=O)O)nc2s1. The molecule has 1 N–H and O–H groups in total. The number of carboxylic acids is 1. The van der Waals surface area contributed by atoms with Crippen molar-refractivity contribution in [3.8, 4) is 0 Å². The van der Waals surface area contributed by atoms with E-state index < -0.39 is 5.97 Å². The number of hydrogen-bond donors (Lipinski definition) is 1. The van der Waals surface area contributed by atoms with Crippen LogP contribution >= 0.6 is 34.9 Å². The Balaban J connectivity index is 1.86. The van der Waals surface area contributed by atoms with E-state index in [1.807, 2.05) is 6.92 Å². The van der Waals surface area contributed by atoms with Gasteiger partial charge in [0.2, 0.25) is 4.96 Å². The van der Waals surface area contributed by atoms with E-state index in [-0.39, 0.29) is 11.1 Å². The van der Waals surface area contributed by atoms with Crippen molar-refractivity contribution in [2.75, 3.05) is 5.75 Å². The summed E-state index contributed by atoms with van der Waals surface area (Å²) in [6.45, 7) is 2.02. The van der Waals surface area contributed by atoms with E-state index in [0.29, 0.717) is 21.3 Å². The molecule has 2 aromatic heterocycles. The van der Waals surface area contributed by atoms with Crippen molar-refractivity contribution < 1.29 is 9.90 Å². The molecule has 0 radical (unpaired) electrons. The molecule has 3 rings (SSSR count). The van der Waals surface area contributed by atoms with E-state index in [1.54, 1.807) is 36.0 Å². The van der Waals surface area contributed by atoms with Crippen LogP contribution in [0.2, 0.25) is 0 Å². The molecule has 0 aliphatic rings. The zero-order chi connectivity index (χ0) is 17.1. The monoisotopic (exact) mass is 379 g/mol. The van der Waals surface area contributed by atoms with Gasteiger partial charge in [0, 0.05) is 16.7 Å². The number of fused-ring (bicyclic) bond motifs is 1. The molecule has 0 bridgehead atoms. The highest BCUT2D eigenvalue weighted by atomic mass is 32.2. The molecule has 0 amide bonds. The number of aromatic carboxylic acids is 1. The average molecular weight is 379 g/mol. The molecule has 0 aliphatic carbocycles. The lowest BCUT2D eigenvalue weighted by atomic mass is 10.2. The van der Waals surface area contributed by atoms with E-state index in [4.69, 9.17) is 0 Å². The molecular formula is C15H13N3O3S3. The van der Waals surface area contributed by atoms with Crippen molar-refractivity contribution in [1.82, 2.24) is 14.6 Å². The summed E-state index contributed by atoms with van der Waals surface area (Å²) in [7, 11) is 0. The van der Waals surface area contributed by atoms with Crippen molar-refractivity contribution in [3.63, 3.8) is 0 Å². The third-order valence-corrected chi connectivity index (χ3v) is 6.07. The van der Waals surface area contributed by atoms with Gasteiger partial charge in [-0.25, -0.2) is 9.78 Å². The largest absolute Gasteiger partial charge is 0.478 e. The van der Waals surface area contributed by atoms with Gasteiger partial charge in [-0.2, -0.15) is 4.52 Å². The molecule has 0 spiro atoms. The van der Waals surface area contributed by atoms with Gasteiger partial charge in [-0.15, -0.1) is 16.9 Å². The predicted molar refractivity (Wildman–Crippen MR) is 96.5 cm³/mol. The minimum absolute atomic E-state index is 0.221. The second kappa shape index (κ2) is 7.37. The van der Waals surface area contributed by atoms with Gasteiger partial charge in [0.1, 0.15) is 0 Å². The Bertz CT molecular complexity index is 952. The Labute approximate surface area is 149 Å². The van der Waals surface area contributed by atoms with Gasteiger partial charge in [-0.05, 0) is 17.9 Å². The molecule has 24 heavy (non-hydrogen) atoms. The molecule has 0 atom stereocenters. The third-order valence-electron chi connectivity index (χ3n) is 3.04. The Morgan fingerprint density at radius 3 is 2.88 bits per heavy atom. The highest BCUT2D eigenvalue weighted by Gasteiger charge is 2.12. The molecular weight excluding hydrogens is 366 g/mol. The number of hydrogen-bond acceptors (Lipinski definition) is 7. The first kappa shape index (κ1) is 17.0. The third kappa shape index (κ3) is 3.63. The van der Waals surface area contributed by atoms with E-state index >= 15 is 0 Å². The number of nitrogens with zero attached hydrogens (tertiary/aromatic N) is 3. The Hall–Kier alpha value is -1.84. The fourth-order valence-corrected chi connectivity index (χ4v) is 4.81. The molecule has 3 aromatic rings. The van der Waals surface area contributed by atoms with Crippen LogP contribution in [0.5, 0.6) is 0 Å². The molecule has 0 saturated heterocycles. The van der Waals surface area contributed by atoms with Crippen molar-refractivity contribution in [1.29, 1.82) is 0 Å². The van der Waals surface area contributed by atoms with Crippen LogP contribution in [-0.4, -0.2) is 31.4 Å². The van der Waals surface area contributed by atoms with Gasteiger partial charge in [-0.1, -0.05) is 42.2 Å². The molecule has 0 saturated carbocycles. The minimum Gasteiger partial charge on any atom is -0.478 e. The molecule has 0 fully saturated rings. The van der Waals surface area contributed by atoms with Crippen LogP contribution in [0.4, 0.5) is 0 Å². The maximum absolute atomic E-state index is 12.2. The molecule has 0 aliphatic heterocycles.